The zero-order chi connectivity index (χ0) is 38.2. The summed E-state index contributed by atoms with van der Waals surface area (Å²) in [6.07, 6.45) is 5.50. The fraction of sp³-hybridized carbons (Fsp3) is 0.459. The second kappa shape index (κ2) is 20.8. The number of hydrogen-bond donors (Lipinski definition) is 1. The fourth-order valence-electron chi connectivity index (χ4n) is 7.38. The van der Waals surface area contributed by atoms with Gasteiger partial charge in [-0.05, 0) is 74.0 Å². The topological polar surface area (TPSA) is 231 Å². The Balaban J connectivity index is 0.00000348. The van der Waals surface area contributed by atoms with Gasteiger partial charge in [-0.2, -0.15) is 0 Å². The van der Waals surface area contributed by atoms with E-state index in [4.69, 9.17) is 19.7 Å². The number of fused-ring (bicyclic) bond motifs is 5. The van der Waals surface area contributed by atoms with Gasteiger partial charge in [0.05, 0.1) is 64.5 Å². The van der Waals surface area contributed by atoms with Crippen LogP contribution in [0.4, 0.5) is 0 Å². The molecule has 14 nitrogen and oxygen atoms in total. The molecule has 5 aliphatic heterocycles. The fourth-order valence-corrected chi connectivity index (χ4v) is 7.69. The van der Waals surface area contributed by atoms with Gasteiger partial charge in [0, 0.05) is 57.9 Å². The van der Waals surface area contributed by atoms with Crippen LogP contribution < -0.4 is 123 Å². The van der Waals surface area contributed by atoms with Crippen molar-refractivity contribution in [3.63, 3.8) is 0 Å². The summed E-state index contributed by atoms with van der Waals surface area (Å²) in [4.78, 5) is 43.4. The molecule has 0 aromatic heterocycles. The van der Waals surface area contributed by atoms with Crippen LogP contribution in [0.5, 0.6) is 0 Å². The van der Waals surface area contributed by atoms with E-state index in [2.05, 4.69) is 17.2 Å². The normalized spacial score (nSPS) is 24.3. The maximum atomic E-state index is 13.8. The Morgan fingerprint density at radius 2 is 1.60 bits per heavy atom. The first kappa shape index (κ1) is 50.2. The average molecular weight is 916 g/mol. The van der Waals surface area contributed by atoms with Crippen molar-refractivity contribution >= 4 is 45.1 Å². The Labute approximate surface area is 420 Å². The molecule has 0 saturated carbocycles. The molecule has 0 unspecified atom stereocenters. The summed E-state index contributed by atoms with van der Waals surface area (Å²) in [6.45, 7) is 10.3. The molecule has 286 valence electrons. The Hall–Kier alpha value is -0.955. The average Bonchev–Trinajstić information content (AvgIpc) is 3.74. The molecule has 8 bridgehead atoms. The van der Waals surface area contributed by atoms with Crippen molar-refractivity contribution < 1.29 is 166 Å². The van der Waals surface area contributed by atoms with Gasteiger partial charge in [-0.25, -0.2) is 18.4 Å². The van der Waals surface area contributed by atoms with Crippen LogP contribution in [-0.4, -0.2) is 67.3 Å². The summed E-state index contributed by atoms with van der Waals surface area (Å²) in [6, 6.07) is 0. The molecule has 0 amide bonds. The quantitative estimate of drug-likeness (QED) is 0.0551. The first-order chi connectivity index (χ1) is 24.4. The predicted octanol–water partition coefficient (Wildman–Crippen LogP) is -4.59. The molecule has 0 aromatic carbocycles. The summed E-state index contributed by atoms with van der Waals surface area (Å²) in [5.41, 5.74) is 5.57. The van der Waals surface area contributed by atoms with E-state index in [1.54, 1.807) is 13.0 Å². The second-order valence-corrected chi connectivity index (χ2v) is 15.0. The number of esters is 1. The zero-order valence-electron chi connectivity index (χ0n) is 32.5. The number of allylic oxidation sites excluding steroid dienone is 10. The van der Waals surface area contributed by atoms with Gasteiger partial charge in [-0.1, -0.05) is 27.7 Å². The number of aliphatic carboxylic acids is 1. The molecule has 0 radical (unpaired) electrons. The van der Waals surface area contributed by atoms with Crippen molar-refractivity contribution in [2.24, 2.45) is 43.6 Å². The van der Waals surface area contributed by atoms with Crippen LogP contribution >= 0.6 is 0 Å². The number of carbonyl (C=O) groups is 2. The zero-order valence-corrected chi connectivity index (χ0v) is 41.1. The van der Waals surface area contributed by atoms with E-state index >= 15 is 0 Å². The van der Waals surface area contributed by atoms with Crippen LogP contribution in [0.2, 0.25) is 0 Å². The third kappa shape index (κ3) is 11.2. The van der Waals surface area contributed by atoms with Gasteiger partial charge >= 0.3 is 129 Å². The van der Waals surface area contributed by atoms with Gasteiger partial charge in [0.25, 0.3) is 0 Å². The van der Waals surface area contributed by atoms with Crippen LogP contribution in [0.1, 0.15) is 67.2 Å². The van der Waals surface area contributed by atoms with Crippen molar-refractivity contribution in [1.82, 2.24) is 5.32 Å². The van der Waals surface area contributed by atoms with Crippen molar-refractivity contribution in [2.75, 3.05) is 19.4 Å². The number of nitrogens with zero attached hydrogens (tertiary/aromatic N) is 4. The Kier molecular flexibility index (Phi) is 19.0. The molecule has 5 heterocycles. The van der Waals surface area contributed by atoms with E-state index in [0.717, 1.165) is 17.8 Å². The van der Waals surface area contributed by atoms with Gasteiger partial charge in [-0.3, -0.25) is 14.8 Å². The van der Waals surface area contributed by atoms with E-state index in [-0.39, 0.29) is 170 Å². The molecule has 4 atom stereocenters. The van der Waals surface area contributed by atoms with Crippen LogP contribution in [-0.2, 0) is 44.9 Å². The number of carbonyl (C=O) groups excluding carboxylic acids is 2. The molecule has 5 rings (SSSR count). The first-order valence-corrected chi connectivity index (χ1v) is 18.7. The molecule has 0 spiro atoms. The van der Waals surface area contributed by atoms with Crippen molar-refractivity contribution in [3.8, 4) is 0 Å². The molecule has 55 heavy (non-hydrogen) atoms. The van der Waals surface area contributed by atoms with Gasteiger partial charge in [-0.15, -0.1) is 5.76 Å². The van der Waals surface area contributed by atoms with Gasteiger partial charge < -0.3 is 34.7 Å². The van der Waals surface area contributed by atoms with Gasteiger partial charge in [0.1, 0.15) is 0 Å². The minimum atomic E-state index is -4.67. The number of hydrogen-bond acceptors (Lipinski definition) is 14. The summed E-state index contributed by atoms with van der Waals surface area (Å²) in [5, 5.41) is 42.1. The predicted molar refractivity (Wildman–Crippen MR) is 188 cm³/mol. The van der Waals surface area contributed by atoms with Crippen LogP contribution in [0.25, 0.3) is 0 Å². The van der Waals surface area contributed by atoms with Crippen molar-refractivity contribution in [1.29, 1.82) is 0 Å². The smallest absolute Gasteiger partial charge is 0.875 e. The van der Waals surface area contributed by atoms with Crippen molar-refractivity contribution in [3.05, 3.63) is 80.3 Å². The number of carboxylic acid groups (broad SMARTS) is 1. The Morgan fingerprint density at radius 3 is 2.18 bits per heavy atom. The van der Waals surface area contributed by atoms with Gasteiger partial charge in [0.15, 0.2) is 0 Å². The van der Waals surface area contributed by atoms with E-state index in [1.165, 1.54) is 14.0 Å². The molecule has 1 fully saturated rings. The molecule has 0 aliphatic carbocycles. The number of aliphatic imine (C=N–C) groups is 4. The third-order valence-electron chi connectivity index (χ3n) is 10.2. The number of nitrogens with one attached hydrogen (secondary N) is 1. The summed E-state index contributed by atoms with van der Waals surface area (Å²) >= 11 is 0. The molecule has 5 aliphatic rings. The van der Waals surface area contributed by atoms with E-state index in [0.29, 0.717) is 45.2 Å². The Morgan fingerprint density at radius 1 is 0.945 bits per heavy atom. The number of carboxylic acids is 1. The summed E-state index contributed by atoms with van der Waals surface area (Å²) < 4.78 is 39.0. The Bertz CT molecular complexity index is 2090. The SMILES string of the molecule is CC[C@H]1C2=CC3=NC(=C(CC(=O)OC)C4=NC(=CC5=C(C)/C(=C(\C)[O-])C(=N5)C=C(N2)[C@@H]1C)[C@@H](C)[C@@H]4CCC(=O)[O-])C(C([O-])=NCCS(=O)(=O)[O-])=C3C.[K+].[K+].[Pd+2]. The maximum absolute atomic E-state index is 13.8. The number of rotatable bonds is 10. The van der Waals surface area contributed by atoms with Crippen molar-refractivity contribution in [2.45, 2.75) is 67.2 Å². The largest absolute Gasteiger partial charge is 2.00 e. The molecule has 1 saturated heterocycles. The molecule has 1 N–H and O–H groups in total. The second-order valence-electron chi connectivity index (χ2n) is 13.5. The minimum Gasteiger partial charge on any atom is -0.875 e. The van der Waals surface area contributed by atoms with E-state index in [1.807, 2.05) is 32.9 Å². The molecular formula is C37H41K2N5O9PdS. The minimum absolute atomic E-state index is 0. The number of ether oxygens (including phenoxy) is 1. The standard InChI is InChI=1S/C37H45N5O9S.2K.Pd/c1-8-22-17(2)25-16-30-33(21(6)43)19(4)27(40-30)14-26-18(3)23(9-10-31(44)45)35(41-26)24(13-32(46)51-7)36-34(37(47)38-11-12-52(48,49)50)20(5)28(42-36)15-29(22)39-25;;;/h14-18,22-23,39,43H,8-13H2,1-7H3,(H,38,47)(H,44,45)(H,48,49,50);;;/q;2*+1;+2/p-4/b25-16?,26-14?,29-15?,33-21-,36-24?;;;/t17-,18+,22-,23+;;;/m1.../s1. The van der Waals surface area contributed by atoms with Crippen LogP contribution in [0.3, 0.4) is 0 Å². The number of methoxy groups -OCH3 is 1. The maximum Gasteiger partial charge on any atom is 2.00 e. The van der Waals surface area contributed by atoms with Gasteiger partial charge in [0.2, 0.25) is 0 Å². The molecule has 18 heteroatoms. The summed E-state index contributed by atoms with van der Waals surface area (Å²) in [5.74, 6) is -4.88. The van der Waals surface area contributed by atoms with E-state index < -0.39 is 58.5 Å². The van der Waals surface area contributed by atoms with E-state index in [9.17, 15) is 37.9 Å². The third-order valence-corrected chi connectivity index (χ3v) is 10.9. The molecule has 0 aromatic rings. The van der Waals surface area contributed by atoms with Crippen LogP contribution in [0, 0.1) is 23.7 Å². The summed E-state index contributed by atoms with van der Waals surface area (Å²) in [7, 11) is -3.46. The first-order valence-electron chi connectivity index (χ1n) is 17.1. The monoisotopic (exact) mass is 915 g/mol. The molecular weight excluding hydrogens is 875 g/mol. The van der Waals surface area contributed by atoms with Crippen LogP contribution in [0.15, 0.2) is 100 Å².